The zero-order valence-electron chi connectivity index (χ0n) is 11.3. The number of morpholine rings is 1. The van der Waals surface area contributed by atoms with Gasteiger partial charge < -0.3 is 19.4 Å². The van der Waals surface area contributed by atoms with Gasteiger partial charge >= 0.3 is 0 Å². The molecule has 1 amide bonds. The number of nitrogens with one attached hydrogen (secondary N) is 1. The van der Waals surface area contributed by atoms with Crippen LogP contribution in [0.25, 0.3) is 0 Å². The number of H-pyrrole nitrogens is 1. The van der Waals surface area contributed by atoms with Crippen LogP contribution in [0.1, 0.15) is 23.2 Å². The van der Waals surface area contributed by atoms with E-state index in [1.807, 2.05) is 4.90 Å². The van der Waals surface area contributed by atoms with Crippen molar-refractivity contribution in [3.8, 4) is 0 Å². The first kappa shape index (κ1) is 13.7. The van der Waals surface area contributed by atoms with Crippen LogP contribution in [0.2, 0.25) is 0 Å². The Kier molecular flexibility index (Phi) is 3.87. The third kappa shape index (κ3) is 2.63. The Bertz CT molecular complexity index is 546. The molecule has 3 rings (SSSR count). The predicted octanol–water partition coefficient (Wildman–Crippen LogP) is 1.77. The summed E-state index contributed by atoms with van der Waals surface area (Å²) in [5.74, 6) is -0.0129. The van der Waals surface area contributed by atoms with Gasteiger partial charge in [0.1, 0.15) is 4.64 Å². The van der Waals surface area contributed by atoms with Crippen LogP contribution in [0.3, 0.4) is 0 Å². The number of rotatable bonds is 1. The monoisotopic (exact) mass is 294 g/mol. The van der Waals surface area contributed by atoms with E-state index in [0.29, 0.717) is 43.1 Å². The van der Waals surface area contributed by atoms with Crippen LogP contribution in [0, 0.1) is 4.64 Å². The molecule has 2 fully saturated rings. The number of pyridine rings is 1. The van der Waals surface area contributed by atoms with Gasteiger partial charge in [0.05, 0.1) is 24.3 Å². The number of aromatic amines is 1. The van der Waals surface area contributed by atoms with Crippen molar-refractivity contribution in [3.05, 3.63) is 28.5 Å². The third-order valence-electron chi connectivity index (χ3n) is 3.99. The van der Waals surface area contributed by atoms with Crippen LogP contribution in [0.4, 0.5) is 0 Å². The van der Waals surface area contributed by atoms with Crippen molar-refractivity contribution in [3.63, 3.8) is 0 Å². The van der Waals surface area contributed by atoms with E-state index in [4.69, 9.17) is 21.7 Å². The summed E-state index contributed by atoms with van der Waals surface area (Å²) in [5.41, 5.74) is 0.332. The molecule has 0 aliphatic carbocycles. The van der Waals surface area contributed by atoms with Crippen molar-refractivity contribution in [2.45, 2.75) is 18.4 Å². The molecule has 1 N–H and O–H groups in total. The second kappa shape index (κ2) is 5.63. The van der Waals surface area contributed by atoms with Gasteiger partial charge in [-0.15, -0.1) is 0 Å². The maximum absolute atomic E-state index is 12.6. The molecule has 2 saturated heterocycles. The summed E-state index contributed by atoms with van der Waals surface area (Å²) in [6.07, 6.45) is 3.43. The van der Waals surface area contributed by atoms with Gasteiger partial charge in [-0.3, -0.25) is 4.79 Å². The summed E-state index contributed by atoms with van der Waals surface area (Å²) < 4.78 is 11.8. The Morgan fingerprint density at radius 3 is 2.90 bits per heavy atom. The van der Waals surface area contributed by atoms with E-state index in [9.17, 15) is 4.79 Å². The summed E-state index contributed by atoms with van der Waals surface area (Å²) in [5, 5.41) is 0. The highest BCUT2D eigenvalue weighted by Gasteiger charge is 2.39. The van der Waals surface area contributed by atoms with Crippen LogP contribution < -0.4 is 0 Å². The van der Waals surface area contributed by atoms with E-state index in [0.717, 1.165) is 12.8 Å². The first-order valence-corrected chi connectivity index (χ1v) is 7.30. The summed E-state index contributed by atoms with van der Waals surface area (Å²) in [4.78, 5) is 17.4. The van der Waals surface area contributed by atoms with Gasteiger partial charge in [0.25, 0.3) is 5.91 Å². The predicted molar refractivity (Wildman–Crippen MR) is 76.3 cm³/mol. The van der Waals surface area contributed by atoms with E-state index >= 15 is 0 Å². The molecule has 2 aliphatic rings. The quantitative estimate of drug-likeness (QED) is 0.802. The smallest absolute Gasteiger partial charge is 0.257 e. The van der Waals surface area contributed by atoms with Crippen LogP contribution >= 0.6 is 12.2 Å². The Hall–Kier alpha value is -1.24. The first-order chi connectivity index (χ1) is 9.70. The normalized spacial score (nSPS) is 21.9. The molecule has 20 heavy (non-hydrogen) atoms. The maximum Gasteiger partial charge on any atom is 0.257 e. The lowest BCUT2D eigenvalue weighted by molar-refractivity contribution is -0.146. The van der Waals surface area contributed by atoms with E-state index in [-0.39, 0.29) is 11.5 Å². The molecule has 3 heterocycles. The largest absolute Gasteiger partial charge is 0.381 e. The van der Waals surface area contributed by atoms with Gasteiger partial charge in [-0.05, 0) is 12.1 Å². The summed E-state index contributed by atoms with van der Waals surface area (Å²) in [6.45, 7) is 3.22. The van der Waals surface area contributed by atoms with Crippen molar-refractivity contribution >= 4 is 18.1 Å². The highest BCUT2D eigenvalue weighted by Crippen LogP contribution is 2.29. The maximum atomic E-state index is 12.6. The fraction of sp³-hybridized carbons (Fsp3) is 0.571. The lowest BCUT2D eigenvalue weighted by atomic mass is 9.92. The molecule has 1 aromatic rings. The molecule has 108 valence electrons. The average Bonchev–Trinajstić information content (AvgIpc) is 2.48. The molecular formula is C14H18N2O3S. The van der Waals surface area contributed by atoms with Crippen LogP contribution in [-0.2, 0) is 9.47 Å². The Labute approximate surface area is 122 Å². The van der Waals surface area contributed by atoms with Crippen LogP contribution in [0.5, 0.6) is 0 Å². The highest BCUT2D eigenvalue weighted by molar-refractivity contribution is 7.71. The molecule has 0 atom stereocenters. The third-order valence-corrected chi connectivity index (χ3v) is 4.33. The average molecular weight is 294 g/mol. The molecule has 0 radical (unpaired) electrons. The van der Waals surface area contributed by atoms with Gasteiger partial charge in [-0.1, -0.05) is 12.2 Å². The van der Waals surface area contributed by atoms with E-state index in [2.05, 4.69) is 4.98 Å². The zero-order chi connectivity index (χ0) is 14.0. The van der Waals surface area contributed by atoms with Gasteiger partial charge in [-0.2, -0.15) is 0 Å². The summed E-state index contributed by atoms with van der Waals surface area (Å²) in [7, 11) is 0. The van der Waals surface area contributed by atoms with E-state index in [1.54, 1.807) is 18.3 Å². The minimum absolute atomic E-state index is 0.0129. The minimum atomic E-state index is -0.230. The number of nitrogens with zero attached hydrogens (tertiary/aromatic N) is 1. The first-order valence-electron chi connectivity index (χ1n) is 6.89. The van der Waals surface area contributed by atoms with Crippen molar-refractivity contribution in [2.75, 3.05) is 32.9 Å². The van der Waals surface area contributed by atoms with Crippen molar-refractivity contribution in [2.24, 2.45) is 0 Å². The number of amides is 1. The fourth-order valence-electron chi connectivity index (χ4n) is 2.82. The molecule has 0 bridgehead atoms. The molecule has 0 unspecified atom stereocenters. The SMILES string of the molecule is O=C(c1ccc[nH]c1=S)N1CCOC2(CCOCC2)C1. The van der Waals surface area contributed by atoms with Gasteiger partial charge in [-0.25, -0.2) is 0 Å². The van der Waals surface area contributed by atoms with E-state index in [1.165, 1.54) is 0 Å². The Balaban J connectivity index is 1.78. The topological polar surface area (TPSA) is 54.6 Å². The molecule has 0 saturated carbocycles. The van der Waals surface area contributed by atoms with Gasteiger partial charge in [0.2, 0.25) is 0 Å². The zero-order valence-corrected chi connectivity index (χ0v) is 12.1. The molecule has 0 aromatic carbocycles. The van der Waals surface area contributed by atoms with Crippen LogP contribution in [0.15, 0.2) is 18.3 Å². The van der Waals surface area contributed by atoms with Crippen molar-refractivity contribution < 1.29 is 14.3 Å². The molecule has 1 aromatic heterocycles. The number of aromatic nitrogens is 1. The summed E-state index contributed by atoms with van der Waals surface area (Å²) in [6, 6.07) is 3.57. The van der Waals surface area contributed by atoms with Crippen molar-refractivity contribution in [1.29, 1.82) is 0 Å². The highest BCUT2D eigenvalue weighted by atomic mass is 32.1. The Morgan fingerprint density at radius 2 is 2.15 bits per heavy atom. The number of ether oxygens (including phenoxy) is 2. The minimum Gasteiger partial charge on any atom is -0.381 e. The standard InChI is InChI=1S/C14H18N2O3S/c17-13(11-2-1-5-15-12(11)20)16-6-9-19-14(10-16)3-7-18-8-4-14/h1-2,5H,3-4,6-10H2,(H,15,20). The van der Waals surface area contributed by atoms with Crippen LogP contribution in [-0.4, -0.2) is 54.3 Å². The molecular weight excluding hydrogens is 276 g/mol. The number of hydrogen-bond acceptors (Lipinski definition) is 4. The lowest BCUT2D eigenvalue weighted by Gasteiger charge is -2.44. The molecule has 5 nitrogen and oxygen atoms in total. The number of carbonyl (C=O) groups excluding carboxylic acids is 1. The lowest BCUT2D eigenvalue weighted by Crippen LogP contribution is -2.55. The summed E-state index contributed by atoms with van der Waals surface area (Å²) >= 11 is 5.19. The molecule has 2 aliphatic heterocycles. The fourth-order valence-corrected chi connectivity index (χ4v) is 3.05. The van der Waals surface area contributed by atoms with Crippen molar-refractivity contribution in [1.82, 2.24) is 9.88 Å². The molecule has 6 heteroatoms. The van der Waals surface area contributed by atoms with E-state index < -0.39 is 0 Å². The number of carbonyl (C=O) groups is 1. The second-order valence-electron chi connectivity index (χ2n) is 5.28. The second-order valence-corrected chi connectivity index (χ2v) is 5.69. The van der Waals surface area contributed by atoms with Gasteiger partial charge in [0.15, 0.2) is 0 Å². The number of hydrogen-bond donors (Lipinski definition) is 1. The van der Waals surface area contributed by atoms with Gasteiger partial charge in [0, 0.05) is 38.8 Å². The Morgan fingerprint density at radius 1 is 1.35 bits per heavy atom. The molecule has 1 spiro atoms.